The SMILES string of the molecule is CCNCc1nnc(-c2ccc(OCC)cc2)o1. The predicted octanol–water partition coefficient (Wildman–Crippen LogP) is 2.24. The molecule has 0 atom stereocenters. The molecule has 0 saturated carbocycles. The van der Waals surface area contributed by atoms with Crippen molar-refractivity contribution in [2.75, 3.05) is 13.2 Å². The largest absolute Gasteiger partial charge is 0.494 e. The summed E-state index contributed by atoms with van der Waals surface area (Å²) in [5.74, 6) is 1.97. The molecule has 5 nitrogen and oxygen atoms in total. The topological polar surface area (TPSA) is 60.2 Å². The predicted molar refractivity (Wildman–Crippen MR) is 68.3 cm³/mol. The van der Waals surface area contributed by atoms with Gasteiger partial charge < -0.3 is 14.5 Å². The normalized spacial score (nSPS) is 10.6. The van der Waals surface area contributed by atoms with E-state index in [0.717, 1.165) is 17.9 Å². The first-order valence-electron chi connectivity index (χ1n) is 6.09. The van der Waals surface area contributed by atoms with E-state index in [2.05, 4.69) is 15.5 Å². The molecule has 0 radical (unpaired) electrons. The number of hydrogen-bond acceptors (Lipinski definition) is 5. The van der Waals surface area contributed by atoms with Crippen LogP contribution >= 0.6 is 0 Å². The number of benzene rings is 1. The molecule has 0 spiro atoms. The second-order valence-electron chi connectivity index (χ2n) is 3.74. The molecule has 2 aromatic rings. The Morgan fingerprint density at radius 2 is 1.94 bits per heavy atom. The van der Waals surface area contributed by atoms with Gasteiger partial charge in [-0.25, -0.2) is 0 Å². The number of aromatic nitrogens is 2. The van der Waals surface area contributed by atoms with Crippen molar-refractivity contribution < 1.29 is 9.15 Å². The van der Waals surface area contributed by atoms with Gasteiger partial charge in [-0.3, -0.25) is 0 Å². The van der Waals surface area contributed by atoms with Crippen LogP contribution in [0.5, 0.6) is 5.75 Å². The van der Waals surface area contributed by atoms with Crippen molar-refractivity contribution in [3.63, 3.8) is 0 Å². The molecule has 1 aromatic carbocycles. The Balaban J connectivity index is 2.08. The number of nitrogens with zero attached hydrogens (tertiary/aromatic N) is 2. The summed E-state index contributed by atoms with van der Waals surface area (Å²) in [7, 11) is 0. The molecule has 0 bridgehead atoms. The highest BCUT2D eigenvalue weighted by Crippen LogP contribution is 2.21. The lowest BCUT2D eigenvalue weighted by molar-refractivity contribution is 0.340. The first-order chi connectivity index (χ1) is 8.83. The number of ether oxygens (including phenoxy) is 1. The van der Waals surface area contributed by atoms with E-state index >= 15 is 0 Å². The second kappa shape index (κ2) is 6.16. The van der Waals surface area contributed by atoms with Gasteiger partial charge in [-0.2, -0.15) is 0 Å². The van der Waals surface area contributed by atoms with E-state index in [1.807, 2.05) is 38.1 Å². The Labute approximate surface area is 106 Å². The Morgan fingerprint density at radius 1 is 1.17 bits per heavy atom. The van der Waals surface area contributed by atoms with E-state index in [4.69, 9.17) is 9.15 Å². The average molecular weight is 247 g/mol. The Hall–Kier alpha value is -1.88. The minimum atomic E-state index is 0.533. The van der Waals surface area contributed by atoms with Gasteiger partial charge in [0.1, 0.15) is 5.75 Å². The fourth-order valence-electron chi connectivity index (χ4n) is 1.53. The third kappa shape index (κ3) is 3.07. The molecule has 0 aliphatic carbocycles. The van der Waals surface area contributed by atoms with E-state index in [-0.39, 0.29) is 0 Å². The third-order valence-corrected chi connectivity index (χ3v) is 2.41. The van der Waals surface area contributed by atoms with Crippen molar-refractivity contribution in [1.29, 1.82) is 0 Å². The number of nitrogens with one attached hydrogen (secondary N) is 1. The van der Waals surface area contributed by atoms with Crippen molar-refractivity contribution in [2.24, 2.45) is 0 Å². The standard InChI is InChI=1S/C13H17N3O2/c1-3-14-9-12-15-16-13(18-12)10-5-7-11(8-6-10)17-4-2/h5-8,14H,3-4,9H2,1-2H3. The second-order valence-corrected chi connectivity index (χ2v) is 3.74. The van der Waals surface area contributed by atoms with Gasteiger partial charge in [0, 0.05) is 5.56 Å². The lowest BCUT2D eigenvalue weighted by Gasteiger charge is -2.02. The van der Waals surface area contributed by atoms with E-state index in [0.29, 0.717) is 24.9 Å². The molecule has 0 aliphatic heterocycles. The summed E-state index contributed by atoms with van der Waals surface area (Å²) < 4.78 is 10.9. The van der Waals surface area contributed by atoms with Crippen molar-refractivity contribution in [3.8, 4) is 17.2 Å². The molecule has 5 heteroatoms. The fourth-order valence-corrected chi connectivity index (χ4v) is 1.53. The summed E-state index contributed by atoms with van der Waals surface area (Å²) in [6, 6.07) is 7.62. The van der Waals surface area contributed by atoms with Crippen molar-refractivity contribution in [3.05, 3.63) is 30.2 Å². The molecule has 0 aliphatic rings. The van der Waals surface area contributed by atoms with Crippen LogP contribution in [-0.4, -0.2) is 23.3 Å². The quantitative estimate of drug-likeness (QED) is 0.848. The van der Waals surface area contributed by atoms with Gasteiger partial charge in [0.25, 0.3) is 0 Å². The first kappa shape index (κ1) is 12.6. The summed E-state index contributed by atoms with van der Waals surface area (Å²) in [4.78, 5) is 0. The van der Waals surface area contributed by atoms with Crippen LogP contribution in [0.25, 0.3) is 11.5 Å². The molecule has 1 heterocycles. The van der Waals surface area contributed by atoms with Gasteiger partial charge in [0.15, 0.2) is 0 Å². The molecule has 0 saturated heterocycles. The van der Waals surface area contributed by atoms with Crippen LogP contribution in [0.1, 0.15) is 19.7 Å². The van der Waals surface area contributed by atoms with Crippen molar-refractivity contribution in [1.82, 2.24) is 15.5 Å². The van der Waals surface area contributed by atoms with E-state index in [1.165, 1.54) is 0 Å². The Bertz CT molecular complexity index is 479. The van der Waals surface area contributed by atoms with Crippen molar-refractivity contribution >= 4 is 0 Å². The fraction of sp³-hybridized carbons (Fsp3) is 0.385. The highest BCUT2D eigenvalue weighted by Gasteiger charge is 2.07. The molecule has 96 valence electrons. The van der Waals surface area contributed by atoms with E-state index in [9.17, 15) is 0 Å². The lowest BCUT2D eigenvalue weighted by Crippen LogP contribution is -2.11. The molecular weight excluding hydrogens is 230 g/mol. The average Bonchev–Trinajstić information content (AvgIpc) is 2.86. The molecule has 0 unspecified atom stereocenters. The molecular formula is C13H17N3O2. The van der Waals surface area contributed by atoms with Gasteiger partial charge in [-0.1, -0.05) is 6.92 Å². The minimum absolute atomic E-state index is 0.533. The zero-order valence-corrected chi connectivity index (χ0v) is 10.6. The summed E-state index contributed by atoms with van der Waals surface area (Å²) in [5.41, 5.74) is 0.897. The molecule has 1 aromatic heterocycles. The van der Waals surface area contributed by atoms with Crippen LogP contribution in [0.15, 0.2) is 28.7 Å². The maximum absolute atomic E-state index is 5.55. The Kier molecular flexibility index (Phi) is 4.30. The van der Waals surface area contributed by atoms with Crippen LogP contribution in [-0.2, 0) is 6.54 Å². The summed E-state index contributed by atoms with van der Waals surface area (Å²) >= 11 is 0. The van der Waals surface area contributed by atoms with Gasteiger partial charge in [0.05, 0.1) is 13.2 Å². The van der Waals surface area contributed by atoms with Crippen LogP contribution < -0.4 is 10.1 Å². The maximum Gasteiger partial charge on any atom is 0.247 e. The molecule has 1 N–H and O–H groups in total. The van der Waals surface area contributed by atoms with E-state index in [1.54, 1.807) is 0 Å². The van der Waals surface area contributed by atoms with Gasteiger partial charge >= 0.3 is 0 Å². The van der Waals surface area contributed by atoms with Gasteiger partial charge in [0.2, 0.25) is 11.8 Å². The smallest absolute Gasteiger partial charge is 0.247 e. The summed E-state index contributed by atoms with van der Waals surface area (Å²) in [5, 5.41) is 11.1. The van der Waals surface area contributed by atoms with E-state index < -0.39 is 0 Å². The van der Waals surface area contributed by atoms with Gasteiger partial charge in [-0.15, -0.1) is 10.2 Å². The van der Waals surface area contributed by atoms with Crippen LogP contribution in [0.2, 0.25) is 0 Å². The Morgan fingerprint density at radius 3 is 2.61 bits per heavy atom. The minimum Gasteiger partial charge on any atom is -0.494 e. The maximum atomic E-state index is 5.55. The molecule has 18 heavy (non-hydrogen) atoms. The molecule has 2 rings (SSSR count). The van der Waals surface area contributed by atoms with Crippen molar-refractivity contribution in [2.45, 2.75) is 20.4 Å². The number of hydrogen-bond donors (Lipinski definition) is 1. The summed E-state index contributed by atoms with van der Waals surface area (Å²) in [6.07, 6.45) is 0. The molecule has 0 fully saturated rings. The monoisotopic (exact) mass is 247 g/mol. The lowest BCUT2D eigenvalue weighted by atomic mass is 10.2. The summed E-state index contributed by atoms with van der Waals surface area (Å²) in [6.45, 7) is 6.12. The van der Waals surface area contributed by atoms with Crippen LogP contribution in [0, 0.1) is 0 Å². The zero-order chi connectivity index (χ0) is 12.8. The zero-order valence-electron chi connectivity index (χ0n) is 10.6. The van der Waals surface area contributed by atoms with Crippen LogP contribution in [0.3, 0.4) is 0 Å². The highest BCUT2D eigenvalue weighted by atomic mass is 16.5. The third-order valence-electron chi connectivity index (χ3n) is 2.41. The number of rotatable bonds is 6. The molecule has 0 amide bonds. The van der Waals surface area contributed by atoms with Gasteiger partial charge in [-0.05, 0) is 37.7 Å². The van der Waals surface area contributed by atoms with Crippen LogP contribution in [0.4, 0.5) is 0 Å². The highest BCUT2D eigenvalue weighted by molar-refractivity contribution is 5.53. The first-order valence-corrected chi connectivity index (χ1v) is 6.09.